The number of fused-ring (bicyclic) bond motifs is 2. The lowest BCUT2D eigenvalue weighted by Crippen LogP contribution is -2.62. The SMILES string of the molecule is NC(=O)C1(OC[C@@H]2C[C@@H](Cn3cccn3)CN2)CCC2CN1C(=O)N2OS(=O)(=O)O. The number of urea groups is 1. The van der Waals surface area contributed by atoms with Gasteiger partial charge in [0.1, 0.15) is 0 Å². The Bertz CT molecular complexity index is 909. The normalized spacial score (nSPS) is 31.5. The molecule has 4 N–H and O–H groups in total. The maximum atomic E-state index is 12.6. The fourth-order valence-corrected chi connectivity index (χ4v) is 4.79. The van der Waals surface area contributed by atoms with Crippen molar-refractivity contribution in [1.29, 1.82) is 0 Å². The number of piperidine rings is 1. The van der Waals surface area contributed by atoms with E-state index in [1.165, 1.54) is 0 Å². The molecule has 3 fully saturated rings. The molecule has 2 bridgehead atoms. The summed E-state index contributed by atoms with van der Waals surface area (Å²) >= 11 is 0. The summed E-state index contributed by atoms with van der Waals surface area (Å²) in [6.45, 7) is 1.66. The smallest absolute Gasteiger partial charge is 0.365 e. The molecule has 30 heavy (non-hydrogen) atoms. The van der Waals surface area contributed by atoms with E-state index in [0.717, 1.165) is 24.4 Å². The van der Waals surface area contributed by atoms with Crippen molar-refractivity contribution in [3.05, 3.63) is 18.5 Å². The number of hydroxylamine groups is 2. The molecule has 3 aliphatic rings. The van der Waals surface area contributed by atoms with Crippen molar-refractivity contribution in [3.63, 3.8) is 0 Å². The second-order valence-corrected chi connectivity index (χ2v) is 8.81. The Morgan fingerprint density at radius 2 is 2.27 bits per heavy atom. The Morgan fingerprint density at radius 1 is 1.47 bits per heavy atom. The van der Waals surface area contributed by atoms with Gasteiger partial charge in [-0.1, -0.05) is 0 Å². The highest BCUT2D eigenvalue weighted by atomic mass is 32.3. The van der Waals surface area contributed by atoms with Crippen molar-refractivity contribution in [3.8, 4) is 0 Å². The lowest BCUT2D eigenvalue weighted by atomic mass is 9.96. The quantitative estimate of drug-likeness (QED) is 0.412. The van der Waals surface area contributed by atoms with Gasteiger partial charge in [0.15, 0.2) is 0 Å². The fourth-order valence-electron chi connectivity index (χ4n) is 4.40. The molecule has 0 radical (unpaired) electrons. The van der Waals surface area contributed by atoms with Crippen LogP contribution in [0.1, 0.15) is 19.3 Å². The molecule has 0 spiro atoms. The van der Waals surface area contributed by atoms with Gasteiger partial charge in [-0.05, 0) is 24.8 Å². The van der Waals surface area contributed by atoms with Gasteiger partial charge in [0, 0.05) is 44.5 Å². The summed E-state index contributed by atoms with van der Waals surface area (Å²) < 4.78 is 43.2. The monoisotopic (exact) mass is 444 g/mol. The van der Waals surface area contributed by atoms with Crippen LogP contribution in [-0.4, -0.2) is 82.2 Å². The van der Waals surface area contributed by atoms with Crippen LogP contribution in [0, 0.1) is 5.92 Å². The minimum absolute atomic E-state index is 0.00267. The Hall–Kier alpha value is -2.26. The van der Waals surface area contributed by atoms with Crippen LogP contribution < -0.4 is 11.1 Å². The molecule has 0 aromatic carbocycles. The first kappa shape index (κ1) is 21.0. The third-order valence-corrected chi connectivity index (χ3v) is 6.15. The summed E-state index contributed by atoms with van der Waals surface area (Å²) in [4.78, 5) is 26.0. The van der Waals surface area contributed by atoms with Gasteiger partial charge in [-0.3, -0.25) is 18.9 Å². The molecule has 3 saturated heterocycles. The van der Waals surface area contributed by atoms with E-state index in [-0.39, 0.29) is 32.0 Å². The predicted molar refractivity (Wildman–Crippen MR) is 99.6 cm³/mol. The average Bonchev–Trinajstić information content (AvgIpc) is 3.39. The Kier molecular flexibility index (Phi) is 5.44. The zero-order chi connectivity index (χ0) is 21.5. The van der Waals surface area contributed by atoms with Gasteiger partial charge >= 0.3 is 16.4 Å². The number of primary amides is 1. The van der Waals surface area contributed by atoms with Crippen molar-refractivity contribution in [2.75, 3.05) is 19.7 Å². The zero-order valence-corrected chi connectivity index (χ0v) is 16.9. The van der Waals surface area contributed by atoms with Gasteiger partial charge in [-0.15, -0.1) is 4.28 Å². The molecular weight excluding hydrogens is 420 g/mol. The number of nitrogens with two attached hydrogens (primary N) is 1. The first-order valence-electron chi connectivity index (χ1n) is 9.60. The van der Waals surface area contributed by atoms with Crippen molar-refractivity contribution in [1.82, 2.24) is 25.1 Å². The number of ether oxygens (including phenoxy) is 1. The van der Waals surface area contributed by atoms with Crippen LogP contribution in [0.2, 0.25) is 0 Å². The third kappa shape index (κ3) is 4.00. The van der Waals surface area contributed by atoms with E-state index in [4.69, 9.17) is 15.0 Å². The van der Waals surface area contributed by atoms with E-state index >= 15 is 0 Å². The maximum absolute atomic E-state index is 12.6. The first-order chi connectivity index (χ1) is 14.2. The summed E-state index contributed by atoms with van der Waals surface area (Å²) in [5.41, 5.74) is 3.91. The molecule has 1 aromatic rings. The Balaban J connectivity index is 1.40. The van der Waals surface area contributed by atoms with Crippen LogP contribution >= 0.6 is 0 Å². The summed E-state index contributed by atoms with van der Waals surface area (Å²) in [7, 11) is -4.89. The molecule has 166 valence electrons. The number of carbonyl (C=O) groups is 2. The van der Waals surface area contributed by atoms with Crippen LogP contribution in [0.5, 0.6) is 0 Å². The molecule has 1 aromatic heterocycles. The molecule has 3 aliphatic heterocycles. The first-order valence-corrected chi connectivity index (χ1v) is 11.0. The maximum Gasteiger partial charge on any atom is 0.418 e. The molecule has 14 heteroatoms. The van der Waals surface area contributed by atoms with Crippen LogP contribution in [0.25, 0.3) is 0 Å². The van der Waals surface area contributed by atoms with E-state index in [0.29, 0.717) is 11.0 Å². The van der Waals surface area contributed by atoms with Gasteiger partial charge in [-0.25, -0.2) is 4.79 Å². The zero-order valence-electron chi connectivity index (χ0n) is 16.1. The highest BCUT2D eigenvalue weighted by molar-refractivity contribution is 7.80. The summed E-state index contributed by atoms with van der Waals surface area (Å²) in [5.74, 6) is -0.500. The van der Waals surface area contributed by atoms with Gasteiger partial charge in [0.25, 0.3) is 5.91 Å². The van der Waals surface area contributed by atoms with E-state index in [1.54, 1.807) is 6.20 Å². The number of rotatable bonds is 8. The lowest BCUT2D eigenvalue weighted by molar-refractivity contribution is -0.175. The van der Waals surface area contributed by atoms with E-state index in [9.17, 15) is 18.0 Å². The molecule has 4 rings (SSSR count). The molecule has 4 heterocycles. The molecule has 0 aliphatic carbocycles. The van der Waals surface area contributed by atoms with E-state index in [1.807, 2.05) is 16.9 Å². The van der Waals surface area contributed by atoms with Crippen LogP contribution in [0.15, 0.2) is 18.5 Å². The Morgan fingerprint density at radius 3 is 2.93 bits per heavy atom. The van der Waals surface area contributed by atoms with Crippen LogP contribution in [-0.2, 0) is 30.8 Å². The number of amides is 3. The van der Waals surface area contributed by atoms with Crippen molar-refractivity contribution < 1.29 is 31.6 Å². The van der Waals surface area contributed by atoms with Gasteiger partial charge in [0.05, 0.1) is 12.6 Å². The van der Waals surface area contributed by atoms with Crippen LogP contribution in [0.3, 0.4) is 0 Å². The van der Waals surface area contributed by atoms with Crippen molar-refractivity contribution in [2.24, 2.45) is 11.7 Å². The highest BCUT2D eigenvalue weighted by Gasteiger charge is 2.58. The number of hydrogen-bond acceptors (Lipinski definition) is 8. The molecule has 4 atom stereocenters. The average molecular weight is 444 g/mol. The number of hydrogen-bond donors (Lipinski definition) is 3. The van der Waals surface area contributed by atoms with Crippen LogP contribution in [0.4, 0.5) is 4.79 Å². The topological polar surface area (TPSA) is 169 Å². The lowest BCUT2D eigenvalue weighted by Gasteiger charge is -2.40. The van der Waals surface area contributed by atoms with Crippen molar-refractivity contribution in [2.45, 2.75) is 43.6 Å². The third-order valence-electron chi connectivity index (χ3n) is 5.80. The van der Waals surface area contributed by atoms with Gasteiger partial charge in [0.2, 0.25) is 5.72 Å². The molecule has 2 unspecified atom stereocenters. The minimum Gasteiger partial charge on any atom is -0.365 e. The summed E-state index contributed by atoms with van der Waals surface area (Å²) in [6, 6.07) is 0.281. The molecule has 13 nitrogen and oxygen atoms in total. The summed E-state index contributed by atoms with van der Waals surface area (Å²) in [6.07, 6.45) is 4.72. The fraction of sp³-hybridized carbons (Fsp3) is 0.688. The second-order valence-electron chi connectivity index (χ2n) is 7.81. The van der Waals surface area contributed by atoms with Gasteiger partial charge in [-0.2, -0.15) is 18.6 Å². The number of nitrogens with zero attached hydrogens (tertiary/aromatic N) is 4. The standard InChI is InChI=1S/C16H24N6O7S/c17-14(23)16(3-2-13-9-21(16)15(24)22(13)29-30(25,26)27)28-10-12-6-11(7-18-12)8-20-5-1-4-19-20/h1,4-5,11-13,18H,2-3,6-10H2,(H2,17,23)(H,25,26,27)/t11-,12+,13?,16?/m1/s1. The number of nitrogens with one attached hydrogen (secondary N) is 1. The molecular formula is C16H24N6O7S. The number of aromatic nitrogens is 2. The van der Waals surface area contributed by atoms with E-state index in [2.05, 4.69) is 14.7 Å². The Labute approximate surface area is 173 Å². The largest absolute Gasteiger partial charge is 0.418 e. The predicted octanol–water partition coefficient (Wildman–Crippen LogP) is -1.31. The van der Waals surface area contributed by atoms with E-state index < -0.39 is 34.1 Å². The second kappa shape index (κ2) is 7.77. The molecule has 3 amide bonds. The number of carbonyl (C=O) groups excluding carboxylic acids is 2. The highest BCUT2D eigenvalue weighted by Crippen LogP contribution is 2.38. The summed E-state index contributed by atoms with van der Waals surface area (Å²) in [5, 5.41) is 8.09. The molecule has 0 saturated carbocycles. The van der Waals surface area contributed by atoms with Gasteiger partial charge < -0.3 is 15.8 Å². The van der Waals surface area contributed by atoms with Crippen molar-refractivity contribution >= 4 is 22.3 Å². The minimum atomic E-state index is -4.89.